The maximum atomic E-state index is 12.2. The number of aryl methyl sites for hydroxylation is 1. The summed E-state index contributed by atoms with van der Waals surface area (Å²) < 4.78 is 5.98. The van der Waals surface area contributed by atoms with Gasteiger partial charge in [0.25, 0.3) is 0 Å². The van der Waals surface area contributed by atoms with Gasteiger partial charge in [-0.05, 0) is 70.7 Å². The van der Waals surface area contributed by atoms with Crippen LogP contribution in [-0.4, -0.2) is 89.2 Å². The minimum Gasteiger partial charge on any atom is -0.389 e. The van der Waals surface area contributed by atoms with Gasteiger partial charge < -0.3 is 25.0 Å². The number of likely N-dealkylation sites (tertiary alicyclic amines) is 1. The Morgan fingerprint density at radius 2 is 1.93 bits per heavy atom. The molecular weight excluding hydrogens is 574 g/mol. The summed E-state index contributed by atoms with van der Waals surface area (Å²) in [5.74, 6) is 1.81. The Bertz CT molecular complexity index is 1610. The van der Waals surface area contributed by atoms with E-state index in [1.165, 1.54) is 43.3 Å². The minimum atomic E-state index is -0.593. The van der Waals surface area contributed by atoms with Crippen LogP contribution in [0.1, 0.15) is 60.9 Å². The Hall–Kier alpha value is -3.95. The number of anilines is 3. The number of hydrogen-bond donors (Lipinski definition) is 1. The molecule has 0 aromatic carbocycles. The first kappa shape index (κ1) is 28.8. The van der Waals surface area contributed by atoms with Crippen LogP contribution in [-0.2, 0) is 16.6 Å². The van der Waals surface area contributed by atoms with Gasteiger partial charge in [-0.15, -0.1) is 11.3 Å². The molecule has 2 atom stereocenters. The van der Waals surface area contributed by atoms with E-state index in [-0.39, 0.29) is 5.91 Å². The van der Waals surface area contributed by atoms with Gasteiger partial charge in [-0.2, -0.15) is 10.2 Å². The van der Waals surface area contributed by atoms with Crippen LogP contribution >= 0.6 is 11.3 Å². The van der Waals surface area contributed by atoms with Crippen molar-refractivity contribution >= 4 is 33.8 Å². The lowest BCUT2D eigenvalue weighted by Gasteiger charge is -2.36. The Morgan fingerprint density at radius 3 is 2.68 bits per heavy atom. The molecule has 3 aromatic rings. The average molecular weight is 614 g/mol. The number of fused-ring (bicyclic) bond motifs is 1. The number of piperazine rings is 1. The third kappa shape index (κ3) is 5.02. The first-order valence-electron chi connectivity index (χ1n) is 15.7. The van der Waals surface area contributed by atoms with E-state index in [9.17, 15) is 10.1 Å². The number of nitrogens with two attached hydrogens (primary N) is 1. The molecule has 1 amide bonds. The predicted octanol–water partition coefficient (Wildman–Crippen LogP) is 3.80. The number of nitrogens with zero attached hydrogens (tertiary/aromatic N) is 8. The standard InChI is InChI=1S/C32H39N9O2S/c1-3-27(42)40-15-13-39(14-16-40)22-17-24(35-26(18-22)41-12-8-21(20-41)38-10-4-5-11-38)30-36-31(43-37-30)32(2)9-6-7-25-28(32)23(19-33)29(34)44-25/h3,17-18,21H,1,4-16,20,34H2,2H3/t21?,32-/m0/s1. The van der Waals surface area contributed by atoms with Crippen LogP contribution < -0.4 is 15.5 Å². The molecule has 1 unspecified atom stereocenters. The van der Waals surface area contributed by atoms with Crippen LogP contribution in [0, 0.1) is 11.3 Å². The van der Waals surface area contributed by atoms with E-state index in [1.807, 2.05) is 11.0 Å². The van der Waals surface area contributed by atoms with Gasteiger partial charge in [0.05, 0.1) is 11.0 Å². The van der Waals surface area contributed by atoms with Crippen molar-refractivity contribution in [3.8, 4) is 17.6 Å². The number of hydrogen-bond acceptors (Lipinski definition) is 11. The lowest BCUT2D eigenvalue weighted by atomic mass is 9.72. The van der Waals surface area contributed by atoms with Gasteiger partial charge in [0.2, 0.25) is 17.6 Å². The summed E-state index contributed by atoms with van der Waals surface area (Å²) in [7, 11) is 0. The maximum absolute atomic E-state index is 12.2. The molecule has 7 rings (SSSR count). The number of thiophene rings is 1. The molecule has 0 bridgehead atoms. The Labute approximate surface area is 261 Å². The summed E-state index contributed by atoms with van der Waals surface area (Å²) in [6.45, 7) is 12.7. The van der Waals surface area contributed by atoms with Gasteiger partial charge >= 0.3 is 0 Å². The molecule has 3 saturated heterocycles. The van der Waals surface area contributed by atoms with Gasteiger partial charge in [0, 0.05) is 67.5 Å². The van der Waals surface area contributed by atoms with Crippen molar-refractivity contribution in [3.63, 3.8) is 0 Å². The summed E-state index contributed by atoms with van der Waals surface area (Å²) in [6, 6.07) is 7.08. The number of amides is 1. The fourth-order valence-electron chi connectivity index (χ4n) is 7.49. The number of pyridine rings is 1. The molecule has 2 N–H and O–H groups in total. The highest BCUT2D eigenvalue weighted by Gasteiger charge is 2.43. The number of carbonyl (C=O) groups excluding carboxylic acids is 1. The second-order valence-electron chi connectivity index (χ2n) is 12.6. The molecule has 11 nitrogen and oxygen atoms in total. The molecule has 3 aromatic heterocycles. The summed E-state index contributed by atoms with van der Waals surface area (Å²) in [6.07, 6.45) is 7.72. The van der Waals surface area contributed by atoms with Crippen LogP contribution in [0.3, 0.4) is 0 Å². The number of nitrogen functional groups attached to an aromatic ring is 1. The lowest BCUT2D eigenvalue weighted by molar-refractivity contribution is -0.126. The van der Waals surface area contributed by atoms with Crippen molar-refractivity contribution in [1.82, 2.24) is 24.9 Å². The van der Waals surface area contributed by atoms with Gasteiger partial charge in [-0.1, -0.05) is 11.7 Å². The fourth-order valence-corrected chi connectivity index (χ4v) is 8.68. The molecule has 6 heterocycles. The Kier molecular flexibility index (Phi) is 7.54. The molecule has 4 aliphatic rings. The highest BCUT2D eigenvalue weighted by atomic mass is 32.1. The number of nitriles is 1. The second kappa shape index (κ2) is 11.5. The molecule has 12 heteroatoms. The van der Waals surface area contributed by atoms with E-state index < -0.39 is 5.41 Å². The monoisotopic (exact) mass is 613 g/mol. The summed E-state index contributed by atoms with van der Waals surface area (Å²) in [4.78, 5) is 32.5. The predicted molar refractivity (Wildman–Crippen MR) is 171 cm³/mol. The summed E-state index contributed by atoms with van der Waals surface area (Å²) in [5.41, 5.74) is 8.82. The molecule has 3 fully saturated rings. The van der Waals surface area contributed by atoms with Crippen molar-refractivity contribution in [3.05, 3.63) is 46.7 Å². The van der Waals surface area contributed by atoms with E-state index in [1.54, 1.807) is 0 Å². The largest absolute Gasteiger partial charge is 0.389 e. The first-order valence-corrected chi connectivity index (χ1v) is 16.5. The Balaban J connectivity index is 1.22. The van der Waals surface area contributed by atoms with Crippen LogP contribution in [0.15, 0.2) is 29.3 Å². The quantitative estimate of drug-likeness (QED) is 0.410. The third-order valence-electron chi connectivity index (χ3n) is 9.95. The number of rotatable bonds is 6. The lowest BCUT2D eigenvalue weighted by Crippen LogP contribution is -2.48. The molecule has 0 radical (unpaired) electrons. The highest BCUT2D eigenvalue weighted by Crippen LogP contribution is 2.48. The third-order valence-corrected chi connectivity index (χ3v) is 11.0. The van der Waals surface area contributed by atoms with Gasteiger partial charge in [-0.25, -0.2) is 4.98 Å². The summed E-state index contributed by atoms with van der Waals surface area (Å²) in [5, 5.41) is 14.9. The zero-order valence-electron chi connectivity index (χ0n) is 25.3. The molecule has 1 aliphatic carbocycles. The van der Waals surface area contributed by atoms with E-state index in [2.05, 4.69) is 45.5 Å². The van der Waals surface area contributed by atoms with Crippen molar-refractivity contribution in [1.29, 1.82) is 5.26 Å². The minimum absolute atomic E-state index is 0.0311. The van der Waals surface area contributed by atoms with E-state index >= 15 is 0 Å². The summed E-state index contributed by atoms with van der Waals surface area (Å²) >= 11 is 1.50. The van der Waals surface area contributed by atoms with Gasteiger partial charge in [0.1, 0.15) is 22.6 Å². The van der Waals surface area contributed by atoms with Crippen LogP contribution in [0.4, 0.5) is 16.5 Å². The number of carbonyl (C=O) groups is 1. The zero-order chi connectivity index (χ0) is 30.4. The Morgan fingerprint density at radius 1 is 1.14 bits per heavy atom. The SMILES string of the molecule is C=CC(=O)N1CCN(c2cc(-c3noc([C@@]4(C)CCCc5sc(N)c(C#N)c54)n3)nc(N3CCC(N4CCCC4)C3)c2)CC1. The topological polar surface area (TPSA) is 132 Å². The highest BCUT2D eigenvalue weighted by molar-refractivity contribution is 7.16. The second-order valence-corrected chi connectivity index (χ2v) is 13.7. The van der Waals surface area contributed by atoms with Crippen molar-refractivity contribution in [2.75, 3.05) is 67.9 Å². The van der Waals surface area contributed by atoms with E-state index in [0.29, 0.717) is 60.2 Å². The van der Waals surface area contributed by atoms with Gasteiger partial charge in [-0.3, -0.25) is 9.69 Å². The zero-order valence-corrected chi connectivity index (χ0v) is 26.1. The molecule has 0 spiro atoms. The van der Waals surface area contributed by atoms with Crippen LogP contribution in [0.25, 0.3) is 11.5 Å². The normalized spacial score (nSPS) is 24.0. The average Bonchev–Trinajstić information content (AvgIpc) is 3.87. The molecule has 230 valence electrons. The van der Waals surface area contributed by atoms with Crippen LogP contribution in [0.2, 0.25) is 0 Å². The number of aromatic nitrogens is 3. The van der Waals surface area contributed by atoms with E-state index in [0.717, 1.165) is 60.7 Å². The van der Waals surface area contributed by atoms with Crippen molar-refractivity contribution in [2.24, 2.45) is 0 Å². The van der Waals surface area contributed by atoms with Gasteiger partial charge in [0.15, 0.2) is 0 Å². The van der Waals surface area contributed by atoms with E-state index in [4.69, 9.17) is 20.2 Å². The first-order chi connectivity index (χ1) is 21.4. The fraction of sp³-hybridized carbons (Fsp3) is 0.531. The van der Waals surface area contributed by atoms with Crippen molar-refractivity contribution in [2.45, 2.75) is 56.9 Å². The molecule has 3 aliphatic heterocycles. The molecular formula is C32H39N9O2S. The smallest absolute Gasteiger partial charge is 0.246 e. The van der Waals surface area contributed by atoms with Crippen molar-refractivity contribution < 1.29 is 9.32 Å². The molecule has 44 heavy (non-hydrogen) atoms. The molecule has 0 saturated carbocycles. The maximum Gasteiger partial charge on any atom is 0.246 e. The van der Waals surface area contributed by atoms with Crippen LogP contribution in [0.5, 0.6) is 0 Å².